The molecule has 0 spiro atoms. The van der Waals surface area contributed by atoms with E-state index >= 15 is 0 Å². The van der Waals surface area contributed by atoms with Gasteiger partial charge in [0.2, 0.25) is 10.0 Å². The van der Waals surface area contributed by atoms with E-state index in [2.05, 4.69) is 5.10 Å². The van der Waals surface area contributed by atoms with Crippen molar-refractivity contribution < 1.29 is 13.2 Å². The lowest BCUT2D eigenvalue weighted by atomic mass is 10.3. The number of ether oxygens (including phenoxy) is 1. The zero-order valence-corrected chi connectivity index (χ0v) is 12.6. The fourth-order valence-corrected chi connectivity index (χ4v) is 4.22. The molecule has 1 saturated heterocycles. The summed E-state index contributed by atoms with van der Waals surface area (Å²) in [4.78, 5) is 0.302. The van der Waals surface area contributed by atoms with Crippen molar-refractivity contribution in [3.8, 4) is 0 Å². The number of nitrogens with zero attached hydrogens (tertiary/aromatic N) is 3. The lowest BCUT2D eigenvalue weighted by Crippen LogP contribution is -2.48. The van der Waals surface area contributed by atoms with Crippen molar-refractivity contribution in [2.75, 3.05) is 13.1 Å². The van der Waals surface area contributed by atoms with Crippen LogP contribution in [0.4, 0.5) is 0 Å². The predicted octanol–water partition coefficient (Wildman–Crippen LogP) is 1.01. The van der Waals surface area contributed by atoms with Crippen LogP contribution in [0.5, 0.6) is 0 Å². The molecule has 7 heteroatoms. The number of rotatable bonds is 3. The van der Waals surface area contributed by atoms with E-state index in [-0.39, 0.29) is 12.2 Å². The van der Waals surface area contributed by atoms with E-state index in [1.54, 1.807) is 11.6 Å². The first-order chi connectivity index (χ1) is 8.86. The van der Waals surface area contributed by atoms with Gasteiger partial charge in [-0.05, 0) is 27.7 Å². The second-order valence-corrected chi connectivity index (χ2v) is 6.90. The van der Waals surface area contributed by atoms with Gasteiger partial charge in [0.15, 0.2) is 0 Å². The van der Waals surface area contributed by atoms with E-state index in [1.807, 2.05) is 20.8 Å². The van der Waals surface area contributed by atoms with Gasteiger partial charge in [0.05, 0.1) is 24.1 Å². The summed E-state index contributed by atoms with van der Waals surface area (Å²) >= 11 is 0. The van der Waals surface area contributed by atoms with Crippen LogP contribution in [0.1, 0.15) is 26.5 Å². The minimum atomic E-state index is -3.48. The van der Waals surface area contributed by atoms with Crippen LogP contribution in [0.15, 0.2) is 11.1 Å². The van der Waals surface area contributed by atoms with Crippen LogP contribution < -0.4 is 0 Å². The van der Waals surface area contributed by atoms with Crippen molar-refractivity contribution in [2.45, 2.75) is 51.3 Å². The summed E-state index contributed by atoms with van der Waals surface area (Å²) < 4.78 is 34.1. The molecule has 0 aliphatic carbocycles. The summed E-state index contributed by atoms with van der Waals surface area (Å²) in [5, 5.41) is 4.11. The van der Waals surface area contributed by atoms with Crippen molar-refractivity contribution >= 4 is 10.0 Å². The van der Waals surface area contributed by atoms with Gasteiger partial charge in [-0.1, -0.05) is 0 Å². The second-order valence-electron chi connectivity index (χ2n) is 4.99. The maximum atomic E-state index is 12.6. The van der Waals surface area contributed by atoms with Gasteiger partial charge < -0.3 is 4.74 Å². The molecule has 2 rings (SSSR count). The number of aryl methyl sites for hydroxylation is 1. The zero-order valence-electron chi connectivity index (χ0n) is 11.8. The van der Waals surface area contributed by atoms with Crippen LogP contribution in [-0.4, -0.2) is 47.8 Å². The van der Waals surface area contributed by atoms with Crippen LogP contribution in [0.3, 0.4) is 0 Å². The monoisotopic (exact) mass is 287 g/mol. The molecule has 2 heterocycles. The Hall–Kier alpha value is -0.920. The number of hydrogen-bond donors (Lipinski definition) is 0. The third-order valence-electron chi connectivity index (χ3n) is 3.36. The second kappa shape index (κ2) is 5.22. The van der Waals surface area contributed by atoms with Gasteiger partial charge in [-0.3, -0.25) is 4.68 Å². The molecule has 19 heavy (non-hydrogen) atoms. The summed E-state index contributed by atoms with van der Waals surface area (Å²) in [6, 6.07) is 0. The number of morpholine rings is 1. The Bertz CT molecular complexity index is 543. The highest BCUT2D eigenvalue weighted by molar-refractivity contribution is 7.89. The Balaban J connectivity index is 2.33. The highest BCUT2D eigenvalue weighted by Gasteiger charge is 2.34. The third kappa shape index (κ3) is 2.68. The molecule has 2 atom stereocenters. The molecular weight excluding hydrogens is 266 g/mol. The van der Waals surface area contributed by atoms with Gasteiger partial charge in [0.1, 0.15) is 4.90 Å². The molecule has 0 amide bonds. The predicted molar refractivity (Wildman–Crippen MR) is 71.4 cm³/mol. The van der Waals surface area contributed by atoms with Crippen molar-refractivity contribution in [3.63, 3.8) is 0 Å². The van der Waals surface area contributed by atoms with Crippen molar-refractivity contribution in [1.29, 1.82) is 0 Å². The lowest BCUT2D eigenvalue weighted by molar-refractivity contribution is -0.0441. The summed E-state index contributed by atoms with van der Waals surface area (Å²) in [5.41, 5.74) is 0.689. The average Bonchev–Trinajstić information content (AvgIpc) is 2.69. The van der Waals surface area contributed by atoms with Gasteiger partial charge in [-0.25, -0.2) is 8.42 Å². The minimum absolute atomic E-state index is 0.0833. The van der Waals surface area contributed by atoms with Crippen molar-refractivity contribution in [1.82, 2.24) is 14.1 Å². The molecule has 1 aliphatic heterocycles. The molecule has 1 aliphatic rings. The Morgan fingerprint density at radius 3 is 2.42 bits per heavy atom. The maximum Gasteiger partial charge on any atom is 0.246 e. The summed E-state index contributed by atoms with van der Waals surface area (Å²) in [6.07, 6.45) is 1.28. The normalized spacial score (nSPS) is 25.7. The topological polar surface area (TPSA) is 64.4 Å². The SMILES string of the molecule is CCn1ncc(S(=O)(=O)N2CC(C)OC(C)C2)c1C. The molecule has 0 saturated carbocycles. The summed E-state index contributed by atoms with van der Waals surface area (Å²) in [7, 11) is -3.48. The van der Waals surface area contributed by atoms with Crippen LogP contribution in [0, 0.1) is 6.92 Å². The minimum Gasteiger partial charge on any atom is -0.373 e. The van der Waals surface area contributed by atoms with Crippen LogP contribution in [-0.2, 0) is 21.3 Å². The highest BCUT2D eigenvalue weighted by atomic mass is 32.2. The molecule has 0 radical (unpaired) electrons. The molecule has 6 nitrogen and oxygen atoms in total. The van der Waals surface area contributed by atoms with Crippen LogP contribution in [0.25, 0.3) is 0 Å². The molecule has 0 N–H and O–H groups in total. The number of aromatic nitrogens is 2. The molecule has 2 unspecified atom stereocenters. The summed E-state index contributed by atoms with van der Waals surface area (Å²) in [6.45, 7) is 8.96. The van der Waals surface area contributed by atoms with E-state index in [4.69, 9.17) is 4.74 Å². The lowest BCUT2D eigenvalue weighted by Gasteiger charge is -2.34. The molecule has 1 fully saturated rings. The van der Waals surface area contributed by atoms with Gasteiger partial charge in [0, 0.05) is 19.6 Å². The van der Waals surface area contributed by atoms with Gasteiger partial charge in [-0.2, -0.15) is 9.40 Å². The fraction of sp³-hybridized carbons (Fsp3) is 0.750. The van der Waals surface area contributed by atoms with Gasteiger partial charge in [-0.15, -0.1) is 0 Å². The van der Waals surface area contributed by atoms with E-state index in [0.29, 0.717) is 30.2 Å². The van der Waals surface area contributed by atoms with Gasteiger partial charge >= 0.3 is 0 Å². The van der Waals surface area contributed by atoms with Crippen molar-refractivity contribution in [2.24, 2.45) is 0 Å². The fourth-order valence-electron chi connectivity index (χ4n) is 2.47. The van der Waals surface area contributed by atoms with E-state index in [1.165, 1.54) is 10.5 Å². The smallest absolute Gasteiger partial charge is 0.246 e. The Labute approximate surface area is 114 Å². The first-order valence-electron chi connectivity index (χ1n) is 6.54. The van der Waals surface area contributed by atoms with E-state index in [0.717, 1.165) is 0 Å². The van der Waals surface area contributed by atoms with Crippen LogP contribution >= 0.6 is 0 Å². The molecule has 0 aromatic carbocycles. The summed E-state index contributed by atoms with van der Waals surface area (Å²) in [5.74, 6) is 0. The number of sulfonamides is 1. The molecular formula is C12H21N3O3S. The van der Waals surface area contributed by atoms with Gasteiger partial charge in [0.25, 0.3) is 0 Å². The average molecular weight is 287 g/mol. The van der Waals surface area contributed by atoms with E-state index < -0.39 is 10.0 Å². The quantitative estimate of drug-likeness (QED) is 0.832. The molecule has 0 bridgehead atoms. The first-order valence-corrected chi connectivity index (χ1v) is 7.98. The largest absolute Gasteiger partial charge is 0.373 e. The molecule has 1 aromatic heterocycles. The van der Waals surface area contributed by atoms with Crippen LogP contribution in [0.2, 0.25) is 0 Å². The Kier molecular flexibility index (Phi) is 3.98. The Morgan fingerprint density at radius 2 is 1.95 bits per heavy atom. The van der Waals surface area contributed by atoms with Crippen molar-refractivity contribution in [3.05, 3.63) is 11.9 Å². The maximum absolute atomic E-state index is 12.6. The molecule has 1 aromatic rings. The third-order valence-corrected chi connectivity index (χ3v) is 5.30. The number of hydrogen-bond acceptors (Lipinski definition) is 4. The standard InChI is InChI=1S/C12H21N3O3S/c1-5-15-11(4)12(6-13-15)19(16,17)14-7-9(2)18-10(3)8-14/h6,9-10H,5,7-8H2,1-4H3. The molecule has 108 valence electrons. The first kappa shape index (κ1) is 14.5. The highest BCUT2D eigenvalue weighted by Crippen LogP contribution is 2.23. The van der Waals surface area contributed by atoms with E-state index in [9.17, 15) is 8.42 Å². The Morgan fingerprint density at radius 1 is 1.37 bits per heavy atom. The zero-order chi connectivity index (χ0) is 14.2.